The molecule has 0 saturated carbocycles. The van der Waals surface area contributed by atoms with Crippen molar-refractivity contribution >= 4 is 41.8 Å². The van der Waals surface area contributed by atoms with Gasteiger partial charge in [-0.2, -0.15) is 0 Å². The van der Waals surface area contributed by atoms with E-state index >= 15 is 0 Å². The Morgan fingerprint density at radius 2 is 1.38 bits per heavy atom. The van der Waals surface area contributed by atoms with Crippen molar-refractivity contribution < 1.29 is 0 Å². The second-order valence-electron chi connectivity index (χ2n) is 1.38. The van der Waals surface area contributed by atoms with Crippen LogP contribution >= 0.6 is 0 Å². The second kappa shape index (κ2) is 8.32. The Labute approximate surface area is 72.3 Å². The Morgan fingerprint density at radius 3 is 1.62 bits per heavy atom. The summed E-state index contributed by atoms with van der Waals surface area (Å²) in [5.41, 5.74) is 0. The zero-order valence-corrected chi connectivity index (χ0v) is 10.0. The van der Waals surface area contributed by atoms with Crippen molar-refractivity contribution in [3.8, 4) is 0 Å². The van der Waals surface area contributed by atoms with Crippen LogP contribution in [0, 0.1) is 0 Å². The van der Waals surface area contributed by atoms with Crippen LogP contribution in [0.25, 0.3) is 0 Å². The summed E-state index contributed by atoms with van der Waals surface area (Å²) in [6.07, 6.45) is 4.72. The third kappa shape index (κ3) is 7.32. The van der Waals surface area contributed by atoms with Crippen LogP contribution in [0.2, 0.25) is 18.9 Å². The van der Waals surface area contributed by atoms with Crippen LogP contribution in [0.5, 0.6) is 0 Å². The normalized spacial score (nSPS) is 10.8. The Kier molecular flexibility index (Phi) is 9.69. The second-order valence-corrected chi connectivity index (χ2v) is 6.58. The number of allylic oxidation sites excluding steroid dienone is 2. The molecule has 0 amide bonds. The Bertz CT molecular complexity index is 51.5. The van der Waals surface area contributed by atoms with E-state index in [0.717, 1.165) is 0 Å². The maximum atomic E-state index is 2.36. The summed E-state index contributed by atoms with van der Waals surface area (Å²) in [5.74, 6) is 0. The fourth-order valence-corrected chi connectivity index (χ4v) is 2.20. The van der Waals surface area contributed by atoms with Gasteiger partial charge in [0.05, 0.1) is 0 Å². The van der Waals surface area contributed by atoms with Gasteiger partial charge in [0.15, 0.2) is 0 Å². The summed E-state index contributed by atoms with van der Waals surface area (Å²) in [4.78, 5) is 4.69. The van der Waals surface area contributed by atoms with Gasteiger partial charge in [-0.3, -0.25) is 0 Å². The number of rotatable bonds is 4. The summed E-state index contributed by atoms with van der Waals surface area (Å²) < 4.78 is 2.80. The molecule has 0 nitrogen and oxygen atoms in total. The molecule has 0 rings (SSSR count). The van der Waals surface area contributed by atoms with E-state index in [1.54, 1.807) is 0 Å². The molecule has 48 valence electrons. The molecule has 0 heterocycles. The van der Waals surface area contributed by atoms with Gasteiger partial charge >= 0.3 is 72.9 Å². The molecule has 0 atom stereocenters. The summed E-state index contributed by atoms with van der Waals surface area (Å²) in [6, 6.07) is 0. The predicted octanol–water partition coefficient (Wildman–Crippen LogP) is 1.88. The average Bonchev–Trinajstić information content (AvgIpc) is 1.81. The molecule has 0 aliphatic rings. The van der Waals surface area contributed by atoms with Gasteiger partial charge in [-0.25, -0.2) is 0 Å². The molecule has 8 heavy (non-hydrogen) atoms. The Morgan fingerprint density at radius 1 is 1.00 bits per heavy atom. The molecule has 0 N–H and O–H groups in total. The third-order valence-electron chi connectivity index (χ3n) is 0.692. The van der Waals surface area contributed by atoms with Gasteiger partial charge in [0.25, 0.3) is 0 Å². The van der Waals surface area contributed by atoms with Crippen molar-refractivity contribution in [1.29, 1.82) is 0 Å². The molecule has 0 bridgehead atoms. The van der Waals surface area contributed by atoms with Crippen molar-refractivity contribution in [2.24, 2.45) is 0 Å². The molecule has 0 aromatic rings. The van der Waals surface area contributed by atoms with E-state index in [1.165, 1.54) is 8.94 Å². The summed E-state index contributed by atoms with van der Waals surface area (Å²) in [7, 11) is 0. The van der Waals surface area contributed by atoms with E-state index in [4.69, 9.17) is 0 Å². The first kappa shape index (κ1) is 9.32. The van der Waals surface area contributed by atoms with Gasteiger partial charge in [-0.15, -0.1) is 0 Å². The molecule has 2 heteroatoms. The molecule has 0 spiro atoms. The van der Waals surface area contributed by atoms with Gasteiger partial charge in [-0.1, -0.05) is 0 Å². The van der Waals surface area contributed by atoms with Crippen molar-refractivity contribution in [3.63, 3.8) is 0 Å². The molecule has 0 aliphatic heterocycles. The van der Waals surface area contributed by atoms with Gasteiger partial charge in [-0.05, 0) is 0 Å². The van der Waals surface area contributed by atoms with E-state index in [2.05, 4.69) is 22.1 Å². The summed E-state index contributed by atoms with van der Waals surface area (Å²) in [6.45, 7) is 0. The van der Waals surface area contributed by atoms with Crippen molar-refractivity contribution in [2.45, 2.75) is 18.9 Å². The fraction of sp³-hybridized carbons (Fsp3) is 0.667. The Balaban J connectivity index is 2.83. The van der Waals surface area contributed by atoms with Crippen LogP contribution in [0.4, 0.5) is 0 Å². The molecular weight excluding hydrogens is 327 g/mol. The van der Waals surface area contributed by atoms with E-state index < -0.39 is 0 Å². The minimum atomic E-state index is 0.376. The zero-order chi connectivity index (χ0) is 6.24. The standard InChI is InChI=1S/C6H12Te2/c1-7-5-3-4-6-8-2/h3-4H,5-6H2,1-2H3/b4-3+. The monoisotopic (exact) mass is 344 g/mol. The van der Waals surface area contributed by atoms with Crippen LogP contribution in [0.3, 0.4) is 0 Å². The minimum absolute atomic E-state index is 0.376. The summed E-state index contributed by atoms with van der Waals surface area (Å²) in [5, 5.41) is 0. The maximum absolute atomic E-state index is 2.36. The molecular formula is C6H12Te2. The van der Waals surface area contributed by atoms with Gasteiger partial charge in [0.1, 0.15) is 0 Å². The average molecular weight is 339 g/mol. The molecule has 0 aromatic carbocycles. The molecule has 0 radical (unpaired) electrons. The molecule has 0 aromatic heterocycles. The van der Waals surface area contributed by atoms with Crippen LogP contribution in [-0.2, 0) is 0 Å². The zero-order valence-electron chi connectivity index (χ0n) is 5.39. The summed E-state index contributed by atoms with van der Waals surface area (Å²) >= 11 is 0.753. The first-order chi connectivity index (χ1) is 3.91. The van der Waals surface area contributed by atoms with Gasteiger partial charge in [0.2, 0.25) is 0 Å². The van der Waals surface area contributed by atoms with Crippen LogP contribution in [0.15, 0.2) is 12.2 Å². The quantitative estimate of drug-likeness (QED) is 0.542. The first-order valence-electron chi connectivity index (χ1n) is 2.54. The molecule has 0 saturated heterocycles. The number of hydrogen-bond acceptors (Lipinski definition) is 0. The van der Waals surface area contributed by atoms with Crippen LogP contribution in [0.1, 0.15) is 0 Å². The molecule has 0 unspecified atom stereocenters. The van der Waals surface area contributed by atoms with Crippen molar-refractivity contribution in [3.05, 3.63) is 12.2 Å². The van der Waals surface area contributed by atoms with E-state index in [0.29, 0.717) is 41.8 Å². The molecule has 0 aliphatic carbocycles. The van der Waals surface area contributed by atoms with Crippen LogP contribution in [-0.4, -0.2) is 41.8 Å². The van der Waals surface area contributed by atoms with Crippen molar-refractivity contribution in [1.82, 2.24) is 0 Å². The van der Waals surface area contributed by atoms with E-state index in [-0.39, 0.29) is 0 Å². The SMILES string of the molecule is C[Te]C/C=C/C[Te]C. The predicted molar refractivity (Wildman–Crippen MR) is 42.0 cm³/mol. The van der Waals surface area contributed by atoms with Crippen molar-refractivity contribution in [2.75, 3.05) is 0 Å². The van der Waals surface area contributed by atoms with Crippen LogP contribution < -0.4 is 0 Å². The van der Waals surface area contributed by atoms with E-state index in [9.17, 15) is 0 Å². The van der Waals surface area contributed by atoms with E-state index in [1.807, 2.05) is 0 Å². The van der Waals surface area contributed by atoms with Gasteiger partial charge in [0, 0.05) is 0 Å². The number of hydrogen-bond donors (Lipinski definition) is 0. The topological polar surface area (TPSA) is 0 Å². The Hall–Kier alpha value is 1.32. The third-order valence-corrected chi connectivity index (χ3v) is 3.69. The molecule has 0 fully saturated rings. The fourth-order valence-electron chi connectivity index (χ4n) is 0.329. The first-order valence-corrected chi connectivity index (χ1v) is 10.5. The van der Waals surface area contributed by atoms with Gasteiger partial charge < -0.3 is 0 Å².